The molecular formula is C29H30N2O8. The number of hydrogen-bond donors (Lipinski definition) is 0. The first-order chi connectivity index (χ1) is 18.8. The first kappa shape index (κ1) is 27.4. The van der Waals surface area contributed by atoms with Crippen molar-refractivity contribution in [3.05, 3.63) is 92.5 Å². The van der Waals surface area contributed by atoms with Crippen LogP contribution in [-0.2, 0) is 11.2 Å². The number of hydrogen-bond acceptors (Lipinski definition) is 8. The Morgan fingerprint density at radius 2 is 1.67 bits per heavy atom. The van der Waals surface area contributed by atoms with Gasteiger partial charge in [0.25, 0.3) is 11.6 Å². The van der Waals surface area contributed by atoms with Crippen molar-refractivity contribution in [2.45, 2.75) is 26.3 Å². The molecule has 10 heteroatoms. The lowest BCUT2D eigenvalue weighted by Gasteiger charge is -2.37. The molecule has 0 bridgehead atoms. The highest BCUT2D eigenvalue weighted by atomic mass is 16.6. The monoisotopic (exact) mass is 534 g/mol. The number of nitro benzene ring substituents is 1. The van der Waals surface area contributed by atoms with Crippen molar-refractivity contribution in [1.29, 1.82) is 0 Å². The summed E-state index contributed by atoms with van der Waals surface area (Å²) in [6.45, 7) is 4.12. The number of nitro groups is 1. The summed E-state index contributed by atoms with van der Waals surface area (Å²) in [6.07, 6.45) is 0.556. The van der Waals surface area contributed by atoms with E-state index in [2.05, 4.69) is 0 Å². The molecule has 1 aliphatic heterocycles. The number of carbonyl (C=O) groups excluding carboxylic acids is 2. The predicted octanol–water partition coefficient (Wildman–Crippen LogP) is 4.92. The topological polar surface area (TPSA) is 117 Å². The molecule has 0 saturated carbocycles. The van der Waals surface area contributed by atoms with Crippen LogP contribution in [0.15, 0.2) is 54.6 Å². The molecule has 0 N–H and O–H groups in total. The van der Waals surface area contributed by atoms with E-state index < -0.39 is 16.9 Å². The summed E-state index contributed by atoms with van der Waals surface area (Å²) in [5.41, 5.74) is 2.80. The number of rotatable bonds is 9. The van der Waals surface area contributed by atoms with Gasteiger partial charge in [-0.1, -0.05) is 6.07 Å². The molecular weight excluding hydrogens is 504 g/mol. The summed E-state index contributed by atoms with van der Waals surface area (Å²) in [7, 11) is 3.10. The molecule has 4 rings (SSSR count). The fraction of sp³-hybridized carbons (Fsp3) is 0.310. The van der Waals surface area contributed by atoms with E-state index in [9.17, 15) is 19.7 Å². The van der Waals surface area contributed by atoms with E-state index in [1.165, 1.54) is 13.2 Å². The van der Waals surface area contributed by atoms with Crippen LogP contribution in [0.4, 0.5) is 5.69 Å². The van der Waals surface area contributed by atoms with Gasteiger partial charge < -0.3 is 23.8 Å². The van der Waals surface area contributed by atoms with Crippen molar-refractivity contribution >= 4 is 17.6 Å². The van der Waals surface area contributed by atoms with E-state index in [-0.39, 0.29) is 30.4 Å². The fourth-order valence-corrected chi connectivity index (χ4v) is 4.63. The summed E-state index contributed by atoms with van der Waals surface area (Å²) in [5, 5.41) is 11.5. The molecule has 3 aromatic rings. The lowest BCUT2D eigenvalue weighted by atomic mass is 9.91. The Labute approximate surface area is 226 Å². The van der Waals surface area contributed by atoms with Crippen LogP contribution >= 0.6 is 0 Å². The molecule has 0 aromatic heterocycles. The molecule has 0 unspecified atom stereocenters. The first-order valence-corrected chi connectivity index (χ1v) is 12.5. The maximum Gasteiger partial charge on any atom is 0.338 e. The zero-order valence-electron chi connectivity index (χ0n) is 22.3. The quantitative estimate of drug-likeness (QED) is 0.216. The van der Waals surface area contributed by atoms with Gasteiger partial charge in [0.05, 0.1) is 37.4 Å². The summed E-state index contributed by atoms with van der Waals surface area (Å²) >= 11 is 0. The van der Waals surface area contributed by atoms with Crippen molar-refractivity contribution in [2.75, 3.05) is 34.0 Å². The van der Waals surface area contributed by atoms with Crippen LogP contribution in [-0.4, -0.2) is 55.7 Å². The number of carbonyl (C=O) groups is 2. The number of methoxy groups -OCH3 is 2. The Morgan fingerprint density at radius 1 is 1.00 bits per heavy atom. The largest absolute Gasteiger partial charge is 0.493 e. The van der Waals surface area contributed by atoms with Crippen LogP contribution < -0.4 is 14.2 Å². The van der Waals surface area contributed by atoms with Gasteiger partial charge in [-0.05, 0) is 73.9 Å². The minimum absolute atomic E-state index is 0.0981. The Hall–Kier alpha value is -4.60. The van der Waals surface area contributed by atoms with Gasteiger partial charge >= 0.3 is 5.97 Å². The van der Waals surface area contributed by atoms with Crippen LogP contribution in [0.2, 0.25) is 0 Å². The second-order valence-corrected chi connectivity index (χ2v) is 8.98. The SMILES string of the molecule is CCOC(=O)c1ccc(OC[C@@H]2c3cc(OC)c(OC)cc3CCN2C(=O)c2ccc(C)c([N+](=O)[O-])c2)cc1. The third-order valence-electron chi connectivity index (χ3n) is 6.69. The number of ether oxygens (including phenoxy) is 4. The second-order valence-electron chi connectivity index (χ2n) is 8.98. The molecule has 3 aromatic carbocycles. The van der Waals surface area contributed by atoms with E-state index in [4.69, 9.17) is 18.9 Å². The van der Waals surface area contributed by atoms with Crippen LogP contribution in [0.5, 0.6) is 17.2 Å². The molecule has 0 radical (unpaired) electrons. The minimum atomic E-state index is -0.522. The molecule has 10 nitrogen and oxygen atoms in total. The molecule has 0 aliphatic carbocycles. The number of nitrogens with zero attached hydrogens (tertiary/aromatic N) is 2. The van der Waals surface area contributed by atoms with Crippen molar-refractivity contribution in [2.24, 2.45) is 0 Å². The van der Waals surface area contributed by atoms with E-state index in [1.807, 2.05) is 12.1 Å². The number of esters is 1. The van der Waals surface area contributed by atoms with Crippen LogP contribution in [0.3, 0.4) is 0 Å². The zero-order chi connectivity index (χ0) is 28.1. The maximum atomic E-state index is 13.7. The van der Waals surface area contributed by atoms with E-state index in [0.717, 1.165) is 11.1 Å². The molecule has 1 aliphatic rings. The number of fused-ring (bicyclic) bond motifs is 1. The second kappa shape index (κ2) is 11.8. The van der Waals surface area contributed by atoms with Crippen molar-refractivity contribution in [3.8, 4) is 17.2 Å². The minimum Gasteiger partial charge on any atom is -0.493 e. The van der Waals surface area contributed by atoms with Gasteiger partial charge in [-0.25, -0.2) is 4.79 Å². The van der Waals surface area contributed by atoms with Gasteiger partial charge in [-0.3, -0.25) is 14.9 Å². The maximum absolute atomic E-state index is 13.7. The van der Waals surface area contributed by atoms with E-state index >= 15 is 0 Å². The normalized spacial score (nSPS) is 14.3. The highest BCUT2D eigenvalue weighted by molar-refractivity contribution is 5.95. The highest BCUT2D eigenvalue weighted by Crippen LogP contribution is 2.39. The van der Waals surface area contributed by atoms with Gasteiger partial charge in [-0.15, -0.1) is 0 Å². The Bertz CT molecular complexity index is 1390. The van der Waals surface area contributed by atoms with Gasteiger partial charge in [-0.2, -0.15) is 0 Å². The summed E-state index contributed by atoms with van der Waals surface area (Å²) < 4.78 is 22.1. The first-order valence-electron chi connectivity index (χ1n) is 12.5. The lowest BCUT2D eigenvalue weighted by molar-refractivity contribution is -0.385. The Kier molecular flexibility index (Phi) is 8.33. The molecule has 204 valence electrons. The zero-order valence-corrected chi connectivity index (χ0v) is 22.3. The van der Waals surface area contributed by atoms with E-state index in [1.54, 1.807) is 62.3 Å². The molecule has 1 heterocycles. The molecule has 39 heavy (non-hydrogen) atoms. The smallest absolute Gasteiger partial charge is 0.338 e. The molecule has 0 spiro atoms. The fourth-order valence-electron chi connectivity index (χ4n) is 4.63. The molecule has 1 amide bonds. The number of benzene rings is 3. The average molecular weight is 535 g/mol. The molecule has 0 saturated heterocycles. The molecule has 0 fully saturated rings. The van der Waals surface area contributed by atoms with Crippen molar-refractivity contribution in [3.63, 3.8) is 0 Å². The summed E-state index contributed by atoms with van der Waals surface area (Å²) in [6, 6.07) is 14.3. The highest BCUT2D eigenvalue weighted by Gasteiger charge is 2.34. The van der Waals surface area contributed by atoms with Crippen molar-refractivity contribution in [1.82, 2.24) is 4.90 Å². The summed E-state index contributed by atoms with van der Waals surface area (Å²) in [5.74, 6) is 0.841. The van der Waals surface area contributed by atoms with Crippen LogP contribution in [0.25, 0.3) is 0 Å². The van der Waals surface area contributed by atoms with Crippen LogP contribution in [0.1, 0.15) is 50.4 Å². The van der Waals surface area contributed by atoms with Crippen LogP contribution in [0, 0.1) is 17.0 Å². The van der Waals surface area contributed by atoms with Gasteiger partial charge in [0, 0.05) is 23.7 Å². The van der Waals surface area contributed by atoms with E-state index in [0.29, 0.717) is 41.3 Å². The number of amides is 1. The Morgan fingerprint density at radius 3 is 2.31 bits per heavy atom. The van der Waals surface area contributed by atoms with Crippen molar-refractivity contribution < 1.29 is 33.5 Å². The predicted molar refractivity (Wildman–Crippen MR) is 143 cm³/mol. The third-order valence-corrected chi connectivity index (χ3v) is 6.69. The summed E-state index contributed by atoms with van der Waals surface area (Å²) in [4.78, 5) is 38.4. The molecule has 1 atom stereocenters. The average Bonchev–Trinajstić information content (AvgIpc) is 2.95. The van der Waals surface area contributed by atoms with Gasteiger partial charge in [0.2, 0.25) is 0 Å². The number of aryl methyl sites for hydroxylation is 1. The van der Waals surface area contributed by atoms with Gasteiger partial charge in [0.15, 0.2) is 11.5 Å². The Balaban J connectivity index is 1.67. The van der Waals surface area contributed by atoms with Gasteiger partial charge in [0.1, 0.15) is 12.4 Å². The standard InChI is InChI=1S/C29H30N2O8/c1-5-38-29(33)19-8-10-22(11-9-19)39-17-25-23-16-27(37-4)26(36-3)15-20(23)12-13-30(25)28(32)21-7-6-18(2)24(14-21)31(34)35/h6-11,14-16,25H,5,12-13,17H2,1-4H3/t25-/m1/s1. The lowest BCUT2D eigenvalue weighted by Crippen LogP contribution is -2.42. The third kappa shape index (κ3) is 5.79.